The number of ether oxygens (including phenoxy) is 1. The average Bonchev–Trinajstić information content (AvgIpc) is 2.45. The van der Waals surface area contributed by atoms with E-state index in [1.165, 1.54) is 0 Å². The predicted molar refractivity (Wildman–Crippen MR) is 89.1 cm³/mol. The number of benzene rings is 2. The van der Waals surface area contributed by atoms with Crippen molar-refractivity contribution in [2.75, 3.05) is 5.32 Å². The molecule has 0 fully saturated rings. The number of anilines is 1. The molecule has 1 amide bonds. The number of hydrogen-bond acceptors (Lipinski definition) is 2. The molecule has 0 bridgehead atoms. The first-order valence-electron chi connectivity index (χ1n) is 6.45. The SMILES string of the molecule is Cc1ccc(O[C@H](C)C(=O)Nc2ccc(Br)c(Cl)c2)cc1. The molecule has 0 saturated carbocycles. The third-order valence-corrected chi connectivity index (χ3v) is 4.12. The van der Waals surface area contributed by atoms with Crippen LogP contribution >= 0.6 is 27.5 Å². The maximum Gasteiger partial charge on any atom is 0.265 e. The molecule has 21 heavy (non-hydrogen) atoms. The van der Waals surface area contributed by atoms with Crippen LogP contribution in [-0.2, 0) is 4.79 Å². The maximum atomic E-state index is 12.1. The molecule has 1 atom stereocenters. The van der Waals surface area contributed by atoms with E-state index in [1.807, 2.05) is 31.2 Å². The molecule has 0 spiro atoms. The largest absolute Gasteiger partial charge is 0.481 e. The van der Waals surface area contributed by atoms with Gasteiger partial charge in [-0.15, -0.1) is 0 Å². The Hall–Kier alpha value is -1.52. The number of amides is 1. The summed E-state index contributed by atoms with van der Waals surface area (Å²) < 4.78 is 6.39. The molecule has 0 radical (unpaired) electrons. The van der Waals surface area contributed by atoms with Crippen LogP contribution in [0.1, 0.15) is 12.5 Å². The number of halogens is 2. The molecule has 0 heterocycles. The lowest BCUT2D eigenvalue weighted by molar-refractivity contribution is -0.122. The molecule has 110 valence electrons. The Morgan fingerprint density at radius 3 is 2.52 bits per heavy atom. The molecular formula is C16H15BrClNO2. The first-order chi connectivity index (χ1) is 9.95. The maximum absolute atomic E-state index is 12.1. The lowest BCUT2D eigenvalue weighted by Crippen LogP contribution is -2.30. The second kappa shape index (κ2) is 6.96. The van der Waals surface area contributed by atoms with E-state index >= 15 is 0 Å². The fourth-order valence-electron chi connectivity index (χ4n) is 1.69. The van der Waals surface area contributed by atoms with E-state index in [9.17, 15) is 4.79 Å². The van der Waals surface area contributed by atoms with Gasteiger partial charge < -0.3 is 10.1 Å². The van der Waals surface area contributed by atoms with Crippen molar-refractivity contribution in [3.8, 4) is 5.75 Å². The molecule has 2 rings (SSSR count). The molecule has 0 aliphatic rings. The van der Waals surface area contributed by atoms with Crippen molar-refractivity contribution in [3.05, 3.63) is 57.5 Å². The van der Waals surface area contributed by atoms with Crippen LogP contribution in [-0.4, -0.2) is 12.0 Å². The number of aryl methyl sites for hydroxylation is 1. The monoisotopic (exact) mass is 367 g/mol. The number of carbonyl (C=O) groups is 1. The van der Waals surface area contributed by atoms with Crippen LogP contribution in [0.2, 0.25) is 5.02 Å². The minimum Gasteiger partial charge on any atom is -0.481 e. The molecule has 0 unspecified atom stereocenters. The lowest BCUT2D eigenvalue weighted by Gasteiger charge is -2.15. The second-order valence-electron chi connectivity index (χ2n) is 4.69. The summed E-state index contributed by atoms with van der Waals surface area (Å²) in [6, 6.07) is 12.8. The Balaban J connectivity index is 1.98. The van der Waals surface area contributed by atoms with Crippen LogP contribution in [0.15, 0.2) is 46.9 Å². The van der Waals surface area contributed by atoms with Gasteiger partial charge in [0.05, 0.1) is 5.02 Å². The van der Waals surface area contributed by atoms with Crippen molar-refractivity contribution in [2.45, 2.75) is 20.0 Å². The summed E-state index contributed by atoms with van der Waals surface area (Å²) in [6.07, 6.45) is -0.602. The highest BCUT2D eigenvalue weighted by Gasteiger charge is 2.15. The summed E-state index contributed by atoms with van der Waals surface area (Å²) >= 11 is 9.30. The fraction of sp³-hybridized carbons (Fsp3) is 0.188. The smallest absolute Gasteiger partial charge is 0.265 e. The van der Waals surface area contributed by atoms with Crippen molar-refractivity contribution in [2.24, 2.45) is 0 Å². The fourth-order valence-corrected chi connectivity index (χ4v) is 2.12. The molecule has 0 aromatic heterocycles. The van der Waals surface area contributed by atoms with Crippen LogP contribution in [0.25, 0.3) is 0 Å². The number of rotatable bonds is 4. The summed E-state index contributed by atoms with van der Waals surface area (Å²) in [4.78, 5) is 12.1. The minimum atomic E-state index is -0.602. The Morgan fingerprint density at radius 1 is 1.24 bits per heavy atom. The quantitative estimate of drug-likeness (QED) is 0.840. The van der Waals surface area contributed by atoms with Crippen molar-refractivity contribution >= 4 is 39.1 Å². The van der Waals surface area contributed by atoms with Gasteiger partial charge in [0.2, 0.25) is 0 Å². The highest BCUT2D eigenvalue weighted by atomic mass is 79.9. The Morgan fingerprint density at radius 2 is 1.90 bits per heavy atom. The molecule has 0 aliphatic carbocycles. The first-order valence-corrected chi connectivity index (χ1v) is 7.62. The zero-order valence-electron chi connectivity index (χ0n) is 11.7. The summed E-state index contributed by atoms with van der Waals surface area (Å²) in [5.41, 5.74) is 1.77. The van der Waals surface area contributed by atoms with Crippen molar-refractivity contribution < 1.29 is 9.53 Å². The molecule has 2 aromatic carbocycles. The first kappa shape index (κ1) is 15.9. The third-order valence-electron chi connectivity index (χ3n) is 2.89. The molecule has 5 heteroatoms. The highest BCUT2D eigenvalue weighted by molar-refractivity contribution is 9.10. The van der Waals surface area contributed by atoms with E-state index in [0.29, 0.717) is 16.5 Å². The normalized spacial score (nSPS) is 11.8. The van der Waals surface area contributed by atoms with Gasteiger partial charge in [-0.25, -0.2) is 0 Å². The average molecular weight is 369 g/mol. The van der Waals surface area contributed by atoms with Gasteiger partial charge in [0.1, 0.15) is 5.75 Å². The van der Waals surface area contributed by atoms with E-state index in [4.69, 9.17) is 16.3 Å². The minimum absolute atomic E-state index is 0.228. The van der Waals surface area contributed by atoms with Crippen molar-refractivity contribution in [3.63, 3.8) is 0 Å². The van der Waals surface area contributed by atoms with E-state index < -0.39 is 6.10 Å². The van der Waals surface area contributed by atoms with Gasteiger partial charge >= 0.3 is 0 Å². The van der Waals surface area contributed by atoms with Gasteiger partial charge in [0.25, 0.3) is 5.91 Å². The van der Waals surface area contributed by atoms with Crippen molar-refractivity contribution in [1.29, 1.82) is 0 Å². The zero-order valence-corrected chi connectivity index (χ0v) is 14.0. The van der Waals surface area contributed by atoms with Gasteiger partial charge in [0.15, 0.2) is 6.10 Å². The summed E-state index contributed by atoms with van der Waals surface area (Å²) in [6.45, 7) is 3.70. The molecule has 1 N–H and O–H groups in total. The van der Waals surface area contributed by atoms with Gasteiger partial charge in [0, 0.05) is 10.2 Å². The lowest BCUT2D eigenvalue weighted by atomic mass is 10.2. The van der Waals surface area contributed by atoms with Crippen LogP contribution in [0.4, 0.5) is 5.69 Å². The van der Waals surface area contributed by atoms with Crippen LogP contribution in [0.5, 0.6) is 5.75 Å². The summed E-state index contributed by atoms with van der Waals surface area (Å²) in [7, 11) is 0. The summed E-state index contributed by atoms with van der Waals surface area (Å²) in [5.74, 6) is 0.436. The molecule has 2 aromatic rings. The zero-order chi connectivity index (χ0) is 15.4. The number of hydrogen-bond donors (Lipinski definition) is 1. The van der Waals surface area contributed by atoms with E-state index in [-0.39, 0.29) is 5.91 Å². The highest BCUT2D eigenvalue weighted by Crippen LogP contribution is 2.25. The van der Waals surface area contributed by atoms with Crippen LogP contribution in [0, 0.1) is 6.92 Å². The topological polar surface area (TPSA) is 38.3 Å². The van der Waals surface area contributed by atoms with Gasteiger partial charge in [-0.1, -0.05) is 29.3 Å². The second-order valence-corrected chi connectivity index (χ2v) is 5.95. The molecular weight excluding hydrogens is 354 g/mol. The molecule has 3 nitrogen and oxygen atoms in total. The summed E-state index contributed by atoms with van der Waals surface area (Å²) in [5, 5.41) is 3.31. The van der Waals surface area contributed by atoms with E-state index in [1.54, 1.807) is 25.1 Å². The Labute approximate surface area is 137 Å². The number of carbonyl (C=O) groups excluding carboxylic acids is 1. The Kier molecular flexibility index (Phi) is 5.26. The predicted octanol–water partition coefficient (Wildman–Crippen LogP) is 4.82. The third kappa shape index (κ3) is 4.48. The van der Waals surface area contributed by atoms with Crippen LogP contribution in [0.3, 0.4) is 0 Å². The van der Waals surface area contributed by atoms with Crippen molar-refractivity contribution in [1.82, 2.24) is 0 Å². The number of nitrogens with one attached hydrogen (secondary N) is 1. The van der Waals surface area contributed by atoms with Gasteiger partial charge in [-0.2, -0.15) is 0 Å². The Bertz CT molecular complexity index is 643. The molecule has 0 saturated heterocycles. The van der Waals surface area contributed by atoms with Gasteiger partial charge in [-0.3, -0.25) is 4.79 Å². The van der Waals surface area contributed by atoms with E-state index in [2.05, 4.69) is 21.2 Å². The molecule has 0 aliphatic heterocycles. The standard InChI is InChI=1S/C16H15BrClNO2/c1-10-3-6-13(7-4-10)21-11(2)16(20)19-12-5-8-14(17)15(18)9-12/h3-9,11H,1-2H3,(H,19,20)/t11-/m1/s1. The van der Waals surface area contributed by atoms with Crippen LogP contribution < -0.4 is 10.1 Å². The van der Waals surface area contributed by atoms with Gasteiger partial charge in [-0.05, 0) is 60.1 Å². The van der Waals surface area contributed by atoms with E-state index in [0.717, 1.165) is 10.0 Å².